The van der Waals surface area contributed by atoms with Gasteiger partial charge in [0, 0.05) is 54.1 Å². The number of hydrogen-bond acceptors (Lipinski definition) is 5. The molecule has 77 heavy (non-hydrogen) atoms. The van der Waals surface area contributed by atoms with Crippen LogP contribution in [0, 0.1) is 13.7 Å². The number of fused-ring (bicyclic) bond motifs is 2. The molecule has 0 radical (unpaired) electrons. The molecule has 0 fully saturated rings. The molecule has 0 saturated carbocycles. The summed E-state index contributed by atoms with van der Waals surface area (Å²) in [4.78, 5) is 8.79. The maximum atomic E-state index is 9.27. The summed E-state index contributed by atoms with van der Waals surface area (Å²) in [5.41, 5.74) is 9.66. The highest BCUT2D eigenvalue weighted by atomic mass is 16.5. The quantitative estimate of drug-likeness (QED) is 0.148. The van der Waals surface area contributed by atoms with E-state index in [-0.39, 0.29) is 91.7 Å². The lowest BCUT2D eigenvalue weighted by Crippen LogP contribution is -2.34. The van der Waals surface area contributed by atoms with Crippen LogP contribution in [0.1, 0.15) is 136 Å². The molecule has 5 nitrogen and oxygen atoms in total. The van der Waals surface area contributed by atoms with Crippen LogP contribution >= 0.6 is 0 Å². The van der Waals surface area contributed by atoms with Gasteiger partial charge in [0.2, 0.25) is 0 Å². The molecule has 2 heterocycles. The summed E-state index contributed by atoms with van der Waals surface area (Å²) in [7, 11) is 0. The van der Waals surface area contributed by atoms with Crippen molar-refractivity contribution in [1.82, 2.24) is 4.98 Å². The molecule has 11 rings (SSSR count). The molecule has 1 aliphatic carbocycles. The van der Waals surface area contributed by atoms with Crippen molar-refractivity contribution >= 4 is 34.3 Å². The predicted molar refractivity (Wildman–Crippen MR) is 326 cm³/mol. The van der Waals surface area contributed by atoms with E-state index in [9.17, 15) is 4.11 Å². The first-order valence-corrected chi connectivity index (χ1v) is 26.3. The van der Waals surface area contributed by atoms with Crippen molar-refractivity contribution in [2.24, 2.45) is 0 Å². The van der Waals surface area contributed by atoms with Gasteiger partial charge in [-0.15, -0.1) is 0 Å². The predicted octanol–water partition coefficient (Wildman–Crippen LogP) is 20.1. The van der Waals surface area contributed by atoms with Crippen LogP contribution in [0.3, 0.4) is 0 Å². The minimum absolute atomic E-state index is 0.00644. The number of ether oxygens (including phenoxy) is 1. The fourth-order valence-corrected chi connectivity index (χ4v) is 11.0. The molecule has 9 aromatic rings. The van der Waals surface area contributed by atoms with Gasteiger partial charge < -0.3 is 19.9 Å². The number of nitrogens with one attached hydrogen (secondary N) is 1. The summed E-state index contributed by atoms with van der Waals surface area (Å²) in [6.07, 6.45) is 3.39. The van der Waals surface area contributed by atoms with Gasteiger partial charge in [-0.1, -0.05) is 203 Å². The summed E-state index contributed by atoms with van der Waals surface area (Å²) in [5.74, 6) is 0.260. The summed E-state index contributed by atoms with van der Waals surface area (Å²) in [5, 5.41) is 3.10. The number of anilines is 6. The Kier molecular flexibility index (Phi) is 9.21. The van der Waals surface area contributed by atoms with Crippen molar-refractivity contribution in [1.29, 1.82) is 0 Å². The molecule has 0 saturated heterocycles. The first-order valence-electron chi connectivity index (χ1n) is 33.8. The van der Waals surface area contributed by atoms with E-state index < -0.39 is 50.0 Å². The van der Waals surface area contributed by atoms with Crippen molar-refractivity contribution < 1.29 is 25.3 Å². The van der Waals surface area contributed by atoms with Gasteiger partial charge in [0.15, 0.2) is 0 Å². The lowest BCUT2D eigenvalue weighted by atomic mass is 9.61. The zero-order valence-electron chi connectivity index (χ0n) is 60.6. The first-order chi connectivity index (χ1) is 42.9. The Balaban J connectivity index is 0.980. The summed E-state index contributed by atoms with van der Waals surface area (Å²) in [6.45, 7) is 16.6. The van der Waals surface area contributed by atoms with E-state index in [1.807, 2.05) is 53.4 Å². The molecule has 1 aliphatic heterocycles. The van der Waals surface area contributed by atoms with E-state index in [4.69, 9.17) is 26.2 Å². The van der Waals surface area contributed by atoms with E-state index in [1.54, 1.807) is 42.5 Å². The molecule has 0 amide bonds. The van der Waals surface area contributed by atoms with Crippen LogP contribution in [0.25, 0.3) is 44.5 Å². The largest absolute Gasteiger partial charge is 0.457 e. The van der Waals surface area contributed by atoms with E-state index in [1.165, 1.54) is 18.3 Å². The highest BCUT2D eigenvalue weighted by Gasteiger charge is 2.39. The van der Waals surface area contributed by atoms with Gasteiger partial charge in [-0.05, 0) is 146 Å². The Bertz CT molecular complexity index is 4380. The highest BCUT2D eigenvalue weighted by Crippen LogP contribution is 2.53. The van der Waals surface area contributed by atoms with Crippen LogP contribution in [-0.4, -0.2) is 11.7 Å². The van der Waals surface area contributed by atoms with E-state index in [0.717, 1.165) is 63.2 Å². The second kappa shape index (κ2) is 19.6. The van der Waals surface area contributed by atoms with Gasteiger partial charge in [0.25, 0.3) is 0 Å². The standard InChI is InChI=1S/C72H74N4O/c1-47-32-35-54(75-46-76(64-31-19-18-30-63(64)75)68-57(49-22-14-13-15-23-49)25-20-26-58(68)51-41-52(69(3,4)5)43-53(42-51)70(6,7)8)44-65(47)77-55-36-33-50(34-37-55)56-24-16-17-29-62(56)74-66-40-48(2)60(45-73-66)59-27-21-28-61-67(59)72(11,12)39-38-71(61,9)10/h13-37,40-45H,38-39,46H2,1-12H3,(H,73,74)/i1D3,2D3,13D,14D,15D,16D,17D,22D,23D,24D,29D. The Morgan fingerprint density at radius 2 is 1.19 bits per heavy atom. The average Bonchev–Trinajstić information content (AvgIpc) is 1.16. The second-order valence-corrected chi connectivity index (χ2v) is 23.8. The molecule has 0 spiro atoms. The van der Waals surface area contributed by atoms with Crippen LogP contribution in [0.15, 0.2) is 188 Å². The van der Waals surface area contributed by atoms with Gasteiger partial charge in [-0.25, -0.2) is 4.98 Å². The number of aromatic nitrogens is 1. The molecule has 8 aromatic carbocycles. The molecule has 388 valence electrons. The third-order valence-electron chi connectivity index (χ3n) is 15.4. The smallest absolute Gasteiger partial charge is 0.132 e. The molecule has 0 unspecified atom stereocenters. The molecule has 1 aromatic heterocycles. The number of nitrogens with zero attached hydrogens (tertiary/aromatic N) is 3. The van der Waals surface area contributed by atoms with Crippen molar-refractivity contribution in [3.63, 3.8) is 0 Å². The fraction of sp³-hybridized carbons (Fsp3) is 0.264. The normalized spacial score (nSPS) is 17.9. The Hall–Kier alpha value is -7.89. The third kappa shape index (κ3) is 9.93. The number of rotatable bonds is 10. The van der Waals surface area contributed by atoms with Crippen LogP contribution in [0.2, 0.25) is 0 Å². The molecule has 0 atom stereocenters. The number of para-hydroxylation sites is 4. The minimum atomic E-state index is -2.65. The summed E-state index contributed by atoms with van der Waals surface area (Å²) >= 11 is 0. The SMILES string of the molecule is [2H]c1c([2H])c([2H])c(-c2cccc(-c3cc(C(C)(C)C)cc(C(C)(C)C)c3)c2N2CN(c3ccc(C([2H])([2H])[2H])c(Oc4ccc(-c5c([2H])c([2H])c([2H])c([2H])c5Nc5cc(C([2H])([2H])[2H])c(-c6cccc7c6C(C)(C)CCC7(C)C)cn5)cc4)c3)c3ccccc32)c([2H])c1[2H]. The summed E-state index contributed by atoms with van der Waals surface area (Å²) < 4.78 is 139. The van der Waals surface area contributed by atoms with Crippen LogP contribution in [-0.2, 0) is 21.7 Å². The summed E-state index contributed by atoms with van der Waals surface area (Å²) in [6, 6.07) is 34.5. The van der Waals surface area contributed by atoms with Crippen molar-refractivity contribution in [3.8, 4) is 56.0 Å². The number of pyridine rings is 1. The fourth-order valence-electron chi connectivity index (χ4n) is 11.0. The lowest BCUT2D eigenvalue weighted by molar-refractivity contribution is 0.333. The zero-order valence-corrected chi connectivity index (χ0v) is 45.6. The molecule has 2 aliphatic rings. The van der Waals surface area contributed by atoms with Gasteiger partial charge in [-0.3, -0.25) is 0 Å². The molecule has 5 heteroatoms. The van der Waals surface area contributed by atoms with Crippen LogP contribution in [0.5, 0.6) is 11.5 Å². The van der Waals surface area contributed by atoms with E-state index in [0.29, 0.717) is 28.1 Å². The monoisotopic (exact) mass is 1030 g/mol. The molecule has 0 bridgehead atoms. The average molecular weight is 1030 g/mol. The lowest BCUT2D eigenvalue weighted by Gasteiger charge is -2.43. The minimum Gasteiger partial charge on any atom is -0.457 e. The molecular weight excluding hydrogens is 937 g/mol. The number of hydrogen-bond donors (Lipinski definition) is 1. The van der Waals surface area contributed by atoms with E-state index in [2.05, 4.69) is 104 Å². The van der Waals surface area contributed by atoms with Crippen LogP contribution in [0.4, 0.5) is 34.3 Å². The second-order valence-electron chi connectivity index (χ2n) is 23.8. The Morgan fingerprint density at radius 3 is 1.90 bits per heavy atom. The molecular formula is C72H74N4O. The van der Waals surface area contributed by atoms with Gasteiger partial charge in [0.05, 0.1) is 29.4 Å². The molecule has 1 N–H and O–H groups in total. The van der Waals surface area contributed by atoms with Crippen molar-refractivity contribution in [2.75, 3.05) is 21.8 Å². The van der Waals surface area contributed by atoms with E-state index >= 15 is 0 Å². The van der Waals surface area contributed by atoms with Crippen LogP contribution < -0.4 is 19.9 Å². The van der Waals surface area contributed by atoms with Gasteiger partial charge in [-0.2, -0.15) is 0 Å². The highest BCUT2D eigenvalue weighted by molar-refractivity contribution is 5.99. The third-order valence-corrected chi connectivity index (χ3v) is 15.4. The van der Waals surface area contributed by atoms with Crippen molar-refractivity contribution in [2.45, 2.75) is 117 Å². The maximum Gasteiger partial charge on any atom is 0.132 e. The van der Waals surface area contributed by atoms with Crippen molar-refractivity contribution in [3.05, 3.63) is 221 Å². The topological polar surface area (TPSA) is 40.6 Å². The maximum absolute atomic E-state index is 9.27. The van der Waals surface area contributed by atoms with Gasteiger partial charge >= 0.3 is 0 Å². The first kappa shape index (κ1) is 36.2. The number of aryl methyl sites for hydroxylation is 2. The Morgan fingerprint density at radius 1 is 0.558 bits per heavy atom. The Labute approximate surface area is 479 Å². The zero-order chi connectivity index (χ0) is 66.9. The van der Waals surface area contributed by atoms with Gasteiger partial charge in [0.1, 0.15) is 24.0 Å². The number of benzene rings is 8.